The first-order chi connectivity index (χ1) is 51.6. The fourth-order valence-electron chi connectivity index (χ4n) is 14.0. The Morgan fingerprint density at radius 1 is 0.573 bits per heavy atom. The van der Waals surface area contributed by atoms with Crippen molar-refractivity contribution in [2.75, 3.05) is 50.2 Å². The normalized spacial score (nSPS) is 33.4. The number of ether oxygens (including phenoxy) is 7. The summed E-state index contributed by atoms with van der Waals surface area (Å²) in [7, 11) is 0. The minimum absolute atomic E-state index is 0.0241. The summed E-state index contributed by atoms with van der Waals surface area (Å²) < 4.78 is 117. The molecule has 14 heterocycles. The molecule has 7 aromatic heterocycles. The molecule has 7 aliphatic heterocycles. The van der Waals surface area contributed by atoms with Crippen molar-refractivity contribution in [1.29, 1.82) is 0 Å². The predicted octanol–water partition coefficient (Wildman–Crippen LogP) is -4.07. The van der Waals surface area contributed by atoms with E-state index in [1.807, 2.05) is 0 Å². The number of aromatic nitrogens is 14. The molecule has 0 spiro atoms. The molecule has 0 radical (unpaired) electrons. The highest BCUT2D eigenvalue weighted by atomic mass is 32.7. The molecule has 4 bridgehead atoms. The highest BCUT2D eigenvalue weighted by Crippen LogP contribution is 2.61. The van der Waals surface area contributed by atoms with Crippen LogP contribution in [0, 0.1) is 20.8 Å². The zero-order valence-corrected chi connectivity index (χ0v) is 65.8. The van der Waals surface area contributed by atoms with E-state index >= 15 is 4.89 Å². The van der Waals surface area contributed by atoms with E-state index in [4.69, 9.17) is 139 Å². The highest BCUT2D eigenvalue weighted by Gasteiger charge is 2.70. The van der Waals surface area contributed by atoms with Gasteiger partial charge in [0.15, 0.2) is 41.9 Å². The van der Waals surface area contributed by atoms with Crippen molar-refractivity contribution >= 4 is 133 Å². The number of rotatable bonds is 28. The van der Waals surface area contributed by atoms with Gasteiger partial charge in [0.1, 0.15) is 117 Å². The van der Waals surface area contributed by atoms with Crippen LogP contribution in [-0.4, -0.2) is 195 Å². The molecule has 46 nitrogen and oxygen atoms in total. The van der Waals surface area contributed by atoms with Crippen LogP contribution in [0.25, 0.3) is 22.3 Å². The number of hydrogen-bond acceptors (Lipinski definition) is 42. The molecule has 11 N–H and O–H groups in total. The Kier molecular flexibility index (Phi) is 22.6. The second-order valence-electron chi connectivity index (χ2n) is 26.4. The maximum Gasteiger partial charge on any atom is 0.351 e. The largest absolute Gasteiger partial charge is 0.780 e. The van der Waals surface area contributed by atoms with Crippen molar-refractivity contribution in [2.24, 2.45) is 0 Å². The van der Waals surface area contributed by atoms with Gasteiger partial charge in [-0.25, -0.2) is 34.3 Å². The first-order valence-corrected chi connectivity index (χ1v) is 45.6. The van der Waals surface area contributed by atoms with Gasteiger partial charge in [-0.2, -0.15) is 9.97 Å². The second kappa shape index (κ2) is 30.5. The van der Waals surface area contributed by atoms with Gasteiger partial charge in [0.25, 0.3) is 16.7 Å². The van der Waals surface area contributed by atoms with Crippen molar-refractivity contribution in [1.82, 2.24) is 67.7 Å². The third-order valence-electron chi connectivity index (χ3n) is 19.4. The molecule has 600 valence electrons. The van der Waals surface area contributed by atoms with E-state index in [1.165, 1.54) is 55.0 Å². The molecule has 8 unspecified atom stereocenters. The molecule has 14 rings (SSSR count). The number of nitrogens with zero attached hydrogens (tertiary/aromatic N) is 11. The molecule has 7 saturated heterocycles. The summed E-state index contributed by atoms with van der Waals surface area (Å²) in [6.07, 6.45) is -17.3. The van der Waals surface area contributed by atoms with E-state index in [1.54, 1.807) is 13.8 Å². The van der Waals surface area contributed by atoms with E-state index in [9.17, 15) is 58.0 Å². The number of aliphatic hydroxyl groups excluding tert-OH is 1. The van der Waals surface area contributed by atoms with Gasteiger partial charge in [-0.05, 0) is 34.6 Å². The Morgan fingerprint density at radius 2 is 1.05 bits per heavy atom. The summed E-state index contributed by atoms with van der Waals surface area (Å²) in [5, 5.41) is 10.9. The lowest BCUT2D eigenvalue weighted by atomic mass is 9.94. The molecular weight excluding hydrogens is 1670 g/mol. The van der Waals surface area contributed by atoms with Crippen LogP contribution in [0.1, 0.15) is 80.9 Å². The van der Waals surface area contributed by atoms with Gasteiger partial charge >= 0.3 is 17.1 Å². The van der Waals surface area contributed by atoms with Crippen molar-refractivity contribution in [3.8, 4) is 0 Å². The quantitative estimate of drug-likeness (QED) is 0.0171. The Bertz CT molecular complexity index is 5420. The molecule has 7 aliphatic rings. The van der Waals surface area contributed by atoms with Crippen LogP contribution in [0.15, 0.2) is 66.3 Å². The number of aromatic amines is 3. The van der Waals surface area contributed by atoms with Crippen molar-refractivity contribution < 1.29 is 108 Å². The number of nitrogens with one attached hydrogen (secondary N) is 3. The van der Waals surface area contributed by atoms with Gasteiger partial charge in [0, 0.05) is 54.5 Å². The summed E-state index contributed by atoms with van der Waals surface area (Å²) in [4.78, 5) is 176. The average molecular weight is 1730 g/mol. The molecule has 0 aromatic carbocycles. The molecule has 24 atom stereocenters. The summed E-state index contributed by atoms with van der Waals surface area (Å²) >= 11 is 26.6. The summed E-state index contributed by atoms with van der Waals surface area (Å²) in [5.74, 6) is -0.411. The number of aryl methyl sites for hydroxylation is 3. The lowest BCUT2D eigenvalue weighted by Gasteiger charge is -2.41. The van der Waals surface area contributed by atoms with E-state index in [0.717, 1.165) is 26.2 Å². The molecular formula is C54H65N17O29P5S5-5. The van der Waals surface area contributed by atoms with Crippen LogP contribution < -0.4 is 70.5 Å². The zero-order valence-electron chi connectivity index (χ0n) is 57.3. The van der Waals surface area contributed by atoms with Crippen LogP contribution in [0.3, 0.4) is 0 Å². The van der Waals surface area contributed by atoms with Gasteiger partial charge in [0.2, 0.25) is 5.95 Å². The Balaban J connectivity index is 0.707. The number of aliphatic hydroxyl groups is 1. The number of fused-ring (bicyclic) bond motifs is 6. The Hall–Kier alpha value is -5.16. The van der Waals surface area contributed by atoms with Crippen molar-refractivity contribution in [3.05, 3.63) is 117 Å². The highest BCUT2D eigenvalue weighted by molar-refractivity contribution is 8.32. The molecule has 0 saturated carbocycles. The molecule has 56 heteroatoms. The molecule has 0 aliphatic carbocycles. The smallest absolute Gasteiger partial charge is 0.351 e. The summed E-state index contributed by atoms with van der Waals surface area (Å²) in [5.41, 5.74) is 9.71. The topological polar surface area (TPSA) is 627 Å². The number of imidazole rings is 2. The molecule has 7 aromatic rings. The van der Waals surface area contributed by atoms with Crippen LogP contribution in [0.4, 0.5) is 17.6 Å². The lowest BCUT2D eigenvalue weighted by Crippen LogP contribution is -2.52. The fraction of sp³-hybridized carbons (Fsp3) is 0.593. The minimum atomic E-state index is -5.03. The molecule has 7 fully saturated rings. The minimum Gasteiger partial charge on any atom is -0.780 e. The zero-order chi connectivity index (χ0) is 79.0. The number of hydrogen-bond donors (Lipinski definition) is 8. The summed E-state index contributed by atoms with van der Waals surface area (Å²) in [6, 6.07) is 0. The van der Waals surface area contributed by atoms with E-state index in [-0.39, 0.29) is 63.9 Å². The molecule has 110 heavy (non-hydrogen) atoms. The first kappa shape index (κ1) is 81.4. The predicted molar refractivity (Wildman–Crippen MR) is 382 cm³/mol. The Morgan fingerprint density at radius 3 is 1.64 bits per heavy atom. The standard InChI is InChI=1S/C54H70N17O29P5S5/c1-20-9-69(50(76)62-40(20)55)47-36-38(53(15-72,94-47)23(4)89-36)99-105(84,110)88-16-54-24(5)90-37(48(95-54)71-19-60-34-41(56)58-17-59-42(34)71)39(54)100-104(83,109)87-14-30-27(8-33(93-30)70-18-61-35-43(70)63-49(57)64-46(35)75)98-103(82,108)86-13-29-26(7-32(92-29)68-11-22(3)45(74)66-52(68)78)97-102(81,107)85-12-28-25(96-101(79,80)106)6-31(91-28)67-10-21(2)44(73)65-51(67)77/h9-11,17-19,23-33,36-39,47-48,72H,6-8,12-16H2,1-5H3,(H,81,107)(H,82,108)(H,83,109)(H,84,110)(H2,55,62,76)(H2,56,58,59)(H,65,73,77)(H,66,74,78)(H2,79,80,106)(H3,57,63,64,75)/p-5/t23-,24-,25+,26+,27+,28+,29+,30+,31+,32+,33+,36?,37?,38+,39+,47+,48?,53-,54-,102?,103?,104?,105?/m0/s1. The van der Waals surface area contributed by atoms with Gasteiger partial charge in [-0.15, -0.1) is 0 Å². The van der Waals surface area contributed by atoms with E-state index in [2.05, 4.69) is 56.7 Å². The SMILES string of the molecule is Cc1cn([C@@H]2O[C@@]3(CO)[C@H](C)OC2[C@H]3OP([O-])(=S)OC[C@]23OC(n4cnc5c(N)ncnc54)C(O[C@H]2C)[C@H]3OP([O-])(=S)OC[C@H]2O[C@@H](n3cnc4c(=O)[nH]c(N)nc43)C[C@H]2OP([O-])(=S)OC[C@H]2O[C@@H](n3cc(C)c(=O)[nH]c3=O)C[C@H]2OP(=O)([S-])OC[C@H]2O[C@@H](n3cc(C)c(=O)[nH]c3=O)C[C@H]2OP([O-])(O)=S)c(=O)nc1N. The van der Waals surface area contributed by atoms with Gasteiger partial charge in [-0.1, -0.05) is 47.2 Å². The summed E-state index contributed by atoms with van der Waals surface area (Å²) in [6.45, 7) is -21.3. The van der Waals surface area contributed by atoms with Crippen LogP contribution in [0.2, 0.25) is 0 Å². The lowest BCUT2D eigenvalue weighted by molar-refractivity contribution is -0.241. The van der Waals surface area contributed by atoms with Gasteiger partial charge in [-0.3, -0.25) is 56.7 Å². The van der Waals surface area contributed by atoms with E-state index < -0.39 is 222 Å². The van der Waals surface area contributed by atoms with Crippen molar-refractivity contribution in [3.63, 3.8) is 0 Å². The monoisotopic (exact) mass is 1730 g/mol. The third kappa shape index (κ3) is 16.0. The molecule has 0 amide bonds. The van der Waals surface area contributed by atoms with E-state index in [0.29, 0.717) is 5.56 Å². The van der Waals surface area contributed by atoms with Crippen LogP contribution in [0.5, 0.6) is 0 Å². The fourth-order valence-corrected chi connectivity index (χ4v) is 20.6. The van der Waals surface area contributed by atoms with Crippen LogP contribution in [-0.2, 0) is 138 Å². The third-order valence-corrected chi connectivity index (χ3v) is 26.4. The van der Waals surface area contributed by atoms with Gasteiger partial charge in [0.05, 0.1) is 76.2 Å². The number of nitrogen functional groups attached to an aromatic ring is 3. The number of H-pyrrole nitrogens is 3. The number of anilines is 3. The van der Waals surface area contributed by atoms with Crippen LogP contribution >= 0.6 is 33.7 Å². The first-order valence-electron chi connectivity index (χ1n) is 32.8. The Labute approximate surface area is 641 Å². The van der Waals surface area contributed by atoms with Gasteiger partial charge < -0.3 is 133 Å². The maximum absolute atomic E-state index is 15.1. The number of nitrogens with two attached hydrogens (primary N) is 3. The average Bonchev–Trinajstić information content (AvgIpc) is 1.78. The van der Waals surface area contributed by atoms with Crippen molar-refractivity contribution in [2.45, 2.75) is 169 Å². The maximum atomic E-state index is 15.1. The second-order valence-corrected chi connectivity index (χ2v) is 39.7.